The maximum atomic E-state index is 12.6. The number of carbonyl (C=O) groups is 2. The molecule has 25 heavy (non-hydrogen) atoms. The number of nitrogens with two attached hydrogens (primary N) is 1. The van der Waals surface area contributed by atoms with E-state index in [1.54, 1.807) is 30.5 Å². The molecule has 1 fully saturated rings. The van der Waals surface area contributed by atoms with Crippen molar-refractivity contribution in [3.05, 3.63) is 48.3 Å². The lowest BCUT2D eigenvalue weighted by atomic mass is 10.0. The second-order valence-corrected chi connectivity index (χ2v) is 6.14. The van der Waals surface area contributed by atoms with Crippen LogP contribution in [-0.2, 0) is 11.3 Å². The highest BCUT2D eigenvalue weighted by Gasteiger charge is 2.27. The van der Waals surface area contributed by atoms with Crippen molar-refractivity contribution in [2.45, 2.75) is 31.8 Å². The van der Waals surface area contributed by atoms with E-state index in [0.29, 0.717) is 17.9 Å². The van der Waals surface area contributed by atoms with Crippen LogP contribution in [0.5, 0.6) is 5.75 Å². The number of piperidine rings is 1. The van der Waals surface area contributed by atoms with Gasteiger partial charge in [-0.05, 0) is 49.6 Å². The van der Waals surface area contributed by atoms with Crippen LogP contribution in [0.4, 0.5) is 0 Å². The number of benzene rings is 1. The third kappa shape index (κ3) is 4.37. The van der Waals surface area contributed by atoms with E-state index < -0.39 is 5.91 Å². The zero-order valence-corrected chi connectivity index (χ0v) is 14.0. The van der Waals surface area contributed by atoms with Gasteiger partial charge in [0.15, 0.2) is 6.61 Å². The lowest BCUT2D eigenvalue weighted by molar-refractivity contribution is -0.137. The fraction of sp³-hybridized carbons (Fsp3) is 0.389. The van der Waals surface area contributed by atoms with Crippen LogP contribution in [0, 0.1) is 0 Å². The van der Waals surface area contributed by atoms with Gasteiger partial charge in [0.1, 0.15) is 5.75 Å². The highest BCUT2D eigenvalue weighted by Crippen LogP contribution is 2.19. The SMILES string of the molecule is NC(=O)c1ccc(OCC(=O)N2CCCCC2Cn2cccn2)cc1. The summed E-state index contributed by atoms with van der Waals surface area (Å²) in [5.41, 5.74) is 5.62. The summed E-state index contributed by atoms with van der Waals surface area (Å²) in [5, 5.41) is 4.23. The van der Waals surface area contributed by atoms with Crippen LogP contribution < -0.4 is 10.5 Å². The van der Waals surface area contributed by atoms with Gasteiger partial charge in [0.25, 0.3) is 5.91 Å². The minimum Gasteiger partial charge on any atom is -0.484 e. The molecule has 3 rings (SSSR count). The van der Waals surface area contributed by atoms with Crippen molar-refractivity contribution < 1.29 is 14.3 Å². The normalized spacial score (nSPS) is 17.3. The Morgan fingerprint density at radius 1 is 1.24 bits per heavy atom. The van der Waals surface area contributed by atoms with Crippen molar-refractivity contribution in [1.29, 1.82) is 0 Å². The van der Waals surface area contributed by atoms with E-state index in [2.05, 4.69) is 5.10 Å². The van der Waals surface area contributed by atoms with Crippen LogP contribution in [0.3, 0.4) is 0 Å². The summed E-state index contributed by atoms with van der Waals surface area (Å²) in [6, 6.07) is 8.48. The van der Waals surface area contributed by atoms with Gasteiger partial charge in [-0.2, -0.15) is 5.10 Å². The Morgan fingerprint density at radius 3 is 2.72 bits per heavy atom. The molecule has 1 atom stereocenters. The highest BCUT2D eigenvalue weighted by atomic mass is 16.5. The summed E-state index contributed by atoms with van der Waals surface area (Å²) in [6.07, 6.45) is 6.75. The highest BCUT2D eigenvalue weighted by molar-refractivity contribution is 5.92. The van der Waals surface area contributed by atoms with Gasteiger partial charge in [0.05, 0.1) is 12.6 Å². The summed E-state index contributed by atoms with van der Waals surface area (Å²) in [7, 11) is 0. The monoisotopic (exact) mass is 342 g/mol. The first-order valence-corrected chi connectivity index (χ1v) is 8.43. The van der Waals surface area contributed by atoms with Crippen molar-refractivity contribution in [3.63, 3.8) is 0 Å². The number of hydrogen-bond acceptors (Lipinski definition) is 4. The molecular weight excluding hydrogens is 320 g/mol. The standard InChI is InChI=1S/C18H22N4O3/c19-18(24)14-5-7-16(8-6-14)25-13-17(23)22-11-2-1-4-15(22)12-21-10-3-9-20-21/h3,5-10,15H,1-2,4,11-13H2,(H2,19,24). The van der Waals surface area contributed by atoms with Gasteiger partial charge in [0.2, 0.25) is 5.91 Å². The predicted molar refractivity (Wildman–Crippen MR) is 92.0 cm³/mol. The fourth-order valence-electron chi connectivity index (χ4n) is 3.09. The quantitative estimate of drug-likeness (QED) is 0.860. The van der Waals surface area contributed by atoms with E-state index in [0.717, 1.165) is 25.8 Å². The first-order chi connectivity index (χ1) is 12.1. The molecule has 0 radical (unpaired) electrons. The molecule has 132 valence electrons. The molecule has 2 amide bonds. The number of nitrogens with zero attached hydrogens (tertiary/aromatic N) is 3. The zero-order chi connectivity index (χ0) is 17.6. The van der Waals surface area contributed by atoms with E-state index in [1.165, 1.54) is 0 Å². The summed E-state index contributed by atoms with van der Waals surface area (Å²) in [5.74, 6) is 0.0206. The summed E-state index contributed by atoms with van der Waals surface area (Å²) in [4.78, 5) is 25.5. The van der Waals surface area contributed by atoms with Crippen molar-refractivity contribution in [2.75, 3.05) is 13.2 Å². The molecule has 7 nitrogen and oxygen atoms in total. The van der Waals surface area contributed by atoms with Gasteiger partial charge in [-0.15, -0.1) is 0 Å². The number of rotatable bonds is 6. The molecule has 1 aromatic heterocycles. The number of primary amides is 1. The zero-order valence-electron chi connectivity index (χ0n) is 14.0. The molecule has 0 aliphatic carbocycles. The van der Waals surface area contributed by atoms with E-state index in [9.17, 15) is 9.59 Å². The largest absolute Gasteiger partial charge is 0.484 e. The van der Waals surface area contributed by atoms with Gasteiger partial charge in [-0.1, -0.05) is 0 Å². The lowest BCUT2D eigenvalue weighted by Crippen LogP contribution is -2.47. The molecular formula is C18H22N4O3. The van der Waals surface area contributed by atoms with Crippen molar-refractivity contribution in [3.8, 4) is 5.75 Å². The van der Waals surface area contributed by atoms with E-state index in [-0.39, 0.29) is 18.6 Å². The second-order valence-electron chi connectivity index (χ2n) is 6.14. The third-order valence-electron chi connectivity index (χ3n) is 4.41. The number of ether oxygens (including phenoxy) is 1. The molecule has 1 aliphatic rings. The Hall–Kier alpha value is -2.83. The molecule has 1 aromatic carbocycles. The molecule has 1 aliphatic heterocycles. The van der Waals surface area contributed by atoms with Gasteiger partial charge in [0, 0.05) is 24.5 Å². The second kappa shape index (κ2) is 7.83. The van der Waals surface area contributed by atoms with E-state index in [4.69, 9.17) is 10.5 Å². The topological polar surface area (TPSA) is 90.5 Å². The number of likely N-dealkylation sites (tertiary alicyclic amines) is 1. The number of amides is 2. The van der Waals surface area contributed by atoms with Crippen LogP contribution in [0.15, 0.2) is 42.7 Å². The number of hydrogen-bond donors (Lipinski definition) is 1. The average Bonchev–Trinajstić information content (AvgIpc) is 3.13. The molecule has 0 bridgehead atoms. The average molecular weight is 342 g/mol. The molecule has 1 unspecified atom stereocenters. The van der Waals surface area contributed by atoms with E-state index in [1.807, 2.05) is 21.8 Å². The van der Waals surface area contributed by atoms with Gasteiger partial charge in [-0.25, -0.2) is 0 Å². The first kappa shape index (κ1) is 17.0. The fourth-order valence-corrected chi connectivity index (χ4v) is 3.09. The number of aromatic nitrogens is 2. The maximum Gasteiger partial charge on any atom is 0.260 e. The lowest BCUT2D eigenvalue weighted by Gasteiger charge is -2.35. The van der Waals surface area contributed by atoms with Gasteiger partial charge < -0.3 is 15.4 Å². The number of carbonyl (C=O) groups excluding carboxylic acids is 2. The van der Waals surface area contributed by atoms with Crippen LogP contribution in [0.2, 0.25) is 0 Å². The molecule has 0 spiro atoms. The molecule has 7 heteroatoms. The Balaban J connectivity index is 1.57. The van der Waals surface area contributed by atoms with Crippen molar-refractivity contribution in [2.24, 2.45) is 5.73 Å². The molecule has 2 heterocycles. The summed E-state index contributed by atoms with van der Waals surface area (Å²) >= 11 is 0. The van der Waals surface area contributed by atoms with Crippen LogP contribution in [0.1, 0.15) is 29.6 Å². The smallest absolute Gasteiger partial charge is 0.260 e. The van der Waals surface area contributed by atoms with Crippen molar-refractivity contribution in [1.82, 2.24) is 14.7 Å². The Kier molecular flexibility index (Phi) is 5.33. The van der Waals surface area contributed by atoms with Crippen LogP contribution >= 0.6 is 0 Å². The molecule has 1 saturated heterocycles. The molecule has 2 aromatic rings. The Morgan fingerprint density at radius 2 is 2.04 bits per heavy atom. The minimum absolute atomic E-state index is 0.0223. The van der Waals surface area contributed by atoms with Crippen molar-refractivity contribution >= 4 is 11.8 Å². The van der Waals surface area contributed by atoms with E-state index >= 15 is 0 Å². The Bertz CT molecular complexity index is 712. The van der Waals surface area contributed by atoms with Crippen LogP contribution in [0.25, 0.3) is 0 Å². The predicted octanol–water partition coefficient (Wildman–Crippen LogP) is 1.44. The minimum atomic E-state index is -0.489. The summed E-state index contributed by atoms with van der Waals surface area (Å²) < 4.78 is 7.43. The third-order valence-corrected chi connectivity index (χ3v) is 4.41. The van der Waals surface area contributed by atoms with Gasteiger partial charge >= 0.3 is 0 Å². The maximum absolute atomic E-state index is 12.6. The first-order valence-electron chi connectivity index (χ1n) is 8.43. The van der Waals surface area contributed by atoms with Gasteiger partial charge in [-0.3, -0.25) is 14.3 Å². The summed E-state index contributed by atoms with van der Waals surface area (Å²) in [6.45, 7) is 1.42. The Labute approximate surface area is 146 Å². The van der Waals surface area contributed by atoms with Crippen LogP contribution in [-0.4, -0.2) is 45.7 Å². The molecule has 2 N–H and O–H groups in total. The molecule has 0 saturated carbocycles.